The van der Waals surface area contributed by atoms with Gasteiger partial charge in [0.2, 0.25) is 5.91 Å². The van der Waals surface area contributed by atoms with Gasteiger partial charge in [-0.15, -0.1) is 12.4 Å². The van der Waals surface area contributed by atoms with E-state index in [0.29, 0.717) is 18.0 Å². The van der Waals surface area contributed by atoms with E-state index in [4.69, 9.17) is 5.73 Å². The van der Waals surface area contributed by atoms with Crippen molar-refractivity contribution in [2.75, 3.05) is 13.1 Å². The lowest BCUT2D eigenvalue weighted by Gasteiger charge is -2.39. The second-order valence-electron chi connectivity index (χ2n) is 5.61. The number of hydrogen-bond donors (Lipinski definition) is 1. The Labute approximate surface area is 136 Å². The van der Waals surface area contributed by atoms with E-state index in [1.807, 2.05) is 4.90 Å². The van der Waals surface area contributed by atoms with Crippen LogP contribution >= 0.6 is 12.4 Å². The van der Waals surface area contributed by atoms with E-state index in [1.165, 1.54) is 12.1 Å². The fourth-order valence-corrected chi connectivity index (χ4v) is 2.97. The summed E-state index contributed by atoms with van der Waals surface area (Å²) in [4.78, 5) is 24.6. The molecule has 2 unspecified atom stereocenters. The van der Waals surface area contributed by atoms with Gasteiger partial charge >= 0.3 is 0 Å². The number of halogens is 1. The number of rotatable bonds is 4. The van der Waals surface area contributed by atoms with Crippen LogP contribution in [-0.4, -0.2) is 34.9 Å². The molecule has 2 rings (SSSR count). The van der Waals surface area contributed by atoms with Crippen LogP contribution in [0.2, 0.25) is 0 Å². The molecule has 0 radical (unpaired) electrons. The minimum absolute atomic E-state index is 0. The number of amides is 1. The third-order valence-electron chi connectivity index (χ3n) is 4.15. The molecule has 7 heteroatoms. The van der Waals surface area contributed by atoms with Gasteiger partial charge in [0, 0.05) is 31.3 Å². The fraction of sp³-hybridized carbons (Fsp3) is 0.533. The summed E-state index contributed by atoms with van der Waals surface area (Å²) in [7, 11) is 0. The Balaban J connectivity index is 0.00000242. The number of nitrogens with zero attached hydrogens (tertiary/aromatic N) is 2. The van der Waals surface area contributed by atoms with Crippen molar-refractivity contribution in [1.82, 2.24) is 4.90 Å². The van der Waals surface area contributed by atoms with Crippen LogP contribution in [0.4, 0.5) is 5.69 Å². The molecule has 2 atom stereocenters. The van der Waals surface area contributed by atoms with E-state index in [2.05, 4.69) is 6.92 Å². The van der Waals surface area contributed by atoms with Gasteiger partial charge in [0.25, 0.3) is 5.69 Å². The summed E-state index contributed by atoms with van der Waals surface area (Å²) in [6.45, 7) is 3.30. The number of carbonyl (C=O) groups is 1. The molecule has 6 nitrogen and oxygen atoms in total. The van der Waals surface area contributed by atoms with Gasteiger partial charge < -0.3 is 10.6 Å². The zero-order valence-electron chi connectivity index (χ0n) is 12.6. The Morgan fingerprint density at radius 1 is 1.50 bits per heavy atom. The van der Waals surface area contributed by atoms with Crippen LogP contribution in [0.15, 0.2) is 24.3 Å². The first kappa shape index (κ1) is 18.4. The average molecular weight is 328 g/mol. The van der Waals surface area contributed by atoms with Crippen molar-refractivity contribution < 1.29 is 9.72 Å². The maximum Gasteiger partial charge on any atom is 0.269 e. The summed E-state index contributed by atoms with van der Waals surface area (Å²) >= 11 is 0. The molecule has 122 valence electrons. The van der Waals surface area contributed by atoms with E-state index < -0.39 is 4.92 Å². The molecule has 1 aromatic carbocycles. The SMILES string of the molecule is CC1CCCN(C(=O)Cc2cccc([N+](=O)[O-])c2)C1CN.Cl. The second kappa shape index (κ2) is 8.10. The first-order chi connectivity index (χ1) is 10.0. The zero-order valence-corrected chi connectivity index (χ0v) is 13.4. The van der Waals surface area contributed by atoms with Crippen LogP contribution in [0.1, 0.15) is 25.3 Å². The second-order valence-corrected chi connectivity index (χ2v) is 5.61. The van der Waals surface area contributed by atoms with Crippen LogP contribution in [0, 0.1) is 16.0 Å². The molecule has 0 bridgehead atoms. The zero-order chi connectivity index (χ0) is 15.4. The summed E-state index contributed by atoms with van der Waals surface area (Å²) in [5.41, 5.74) is 6.48. The molecule has 0 aliphatic carbocycles. The topological polar surface area (TPSA) is 89.5 Å². The Bertz CT molecular complexity index is 539. The number of likely N-dealkylation sites (tertiary alicyclic amines) is 1. The minimum atomic E-state index is -0.445. The molecule has 0 spiro atoms. The van der Waals surface area contributed by atoms with Crippen molar-refractivity contribution in [3.05, 3.63) is 39.9 Å². The van der Waals surface area contributed by atoms with Crippen molar-refractivity contribution in [2.24, 2.45) is 11.7 Å². The van der Waals surface area contributed by atoms with Crippen molar-refractivity contribution in [3.63, 3.8) is 0 Å². The highest BCUT2D eigenvalue weighted by molar-refractivity contribution is 5.85. The Hall–Kier alpha value is -1.66. The molecule has 0 saturated carbocycles. The number of nitro groups is 1. The molecule has 1 amide bonds. The van der Waals surface area contributed by atoms with E-state index in [-0.39, 0.29) is 36.5 Å². The van der Waals surface area contributed by atoms with E-state index in [9.17, 15) is 14.9 Å². The molecule has 1 aliphatic heterocycles. The predicted octanol–water partition coefficient (Wildman–Crippen LogP) is 2.14. The van der Waals surface area contributed by atoms with Crippen LogP contribution in [0.3, 0.4) is 0 Å². The number of non-ortho nitro benzene ring substituents is 1. The van der Waals surface area contributed by atoms with Crippen molar-refractivity contribution in [2.45, 2.75) is 32.2 Å². The summed E-state index contributed by atoms with van der Waals surface area (Å²) < 4.78 is 0. The highest BCUT2D eigenvalue weighted by Crippen LogP contribution is 2.23. The van der Waals surface area contributed by atoms with E-state index >= 15 is 0 Å². The number of hydrogen-bond acceptors (Lipinski definition) is 4. The van der Waals surface area contributed by atoms with Gasteiger partial charge in [0.05, 0.1) is 11.3 Å². The van der Waals surface area contributed by atoms with Crippen molar-refractivity contribution in [3.8, 4) is 0 Å². The third kappa shape index (κ3) is 4.18. The lowest BCUT2D eigenvalue weighted by atomic mass is 9.90. The number of piperidine rings is 1. The standard InChI is InChI=1S/C15H21N3O3.ClH/c1-11-4-3-7-17(14(11)10-16)15(19)9-12-5-2-6-13(8-12)18(20)21;/h2,5-6,8,11,14H,3-4,7,9-10,16H2,1H3;1H. The molecule has 1 fully saturated rings. The van der Waals surface area contributed by atoms with Gasteiger partial charge in [0.1, 0.15) is 0 Å². The summed E-state index contributed by atoms with van der Waals surface area (Å²) in [5, 5.41) is 10.8. The fourth-order valence-electron chi connectivity index (χ4n) is 2.97. The molecule has 22 heavy (non-hydrogen) atoms. The van der Waals surface area contributed by atoms with Crippen LogP contribution in [0.25, 0.3) is 0 Å². The molecule has 1 heterocycles. The largest absolute Gasteiger partial charge is 0.338 e. The molecule has 1 aliphatic rings. The first-order valence-corrected chi connectivity index (χ1v) is 7.25. The average Bonchev–Trinajstić information content (AvgIpc) is 2.47. The van der Waals surface area contributed by atoms with Crippen molar-refractivity contribution >= 4 is 24.0 Å². The smallest absolute Gasteiger partial charge is 0.269 e. The van der Waals surface area contributed by atoms with E-state index in [0.717, 1.165) is 19.4 Å². The summed E-state index contributed by atoms with van der Waals surface area (Å²) in [6.07, 6.45) is 2.26. The number of nitro benzene ring substituents is 1. The maximum atomic E-state index is 12.5. The number of nitrogens with two attached hydrogens (primary N) is 1. The summed E-state index contributed by atoms with van der Waals surface area (Å²) in [6, 6.07) is 6.32. The van der Waals surface area contributed by atoms with Gasteiger partial charge in [-0.25, -0.2) is 0 Å². The molecular weight excluding hydrogens is 306 g/mol. The Morgan fingerprint density at radius 3 is 2.86 bits per heavy atom. The van der Waals surface area contributed by atoms with Crippen LogP contribution < -0.4 is 5.73 Å². The molecule has 1 aromatic rings. The third-order valence-corrected chi connectivity index (χ3v) is 4.15. The molecule has 2 N–H and O–H groups in total. The van der Waals surface area contributed by atoms with Gasteiger partial charge in [-0.2, -0.15) is 0 Å². The van der Waals surface area contributed by atoms with Crippen molar-refractivity contribution in [1.29, 1.82) is 0 Å². The van der Waals surface area contributed by atoms with E-state index in [1.54, 1.807) is 12.1 Å². The first-order valence-electron chi connectivity index (χ1n) is 7.25. The van der Waals surface area contributed by atoms with Gasteiger partial charge in [-0.05, 0) is 24.3 Å². The number of carbonyl (C=O) groups excluding carboxylic acids is 1. The van der Waals surface area contributed by atoms with Crippen LogP contribution in [-0.2, 0) is 11.2 Å². The summed E-state index contributed by atoms with van der Waals surface area (Å²) in [5.74, 6) is 0.398. The molecule has 1 saturated heterocycles. The Morgan fingerprint density at radius 2 is 2.23 bits per heavy atom. The van der Waals surface area contributed by atoms with Gasteiger partial charge in [0.15, 0.2) is 0 Å². The monoisotopic (exact) mass is 327 g/mol. The van der Waals surface area contributed by atoms with Crippen LogP contribution in [0.5, 0.6) is 0 Å². The number of benzene rings is 1. The van der Waals surface area contributed by atoms with Gasteiger partial charge in [-0.3, -0.25) is 14.9 Å². The quantitative estimate of drug-likeness (QED) is 0.677. The lowest BCUT2D eigenvalue weighted by Crippen LogP contribution is -2.51. The highest BCUT2D eigenvalue weighted by atomic mass is 35.5. The lowest BCUT2D eigenvalue weighted by molar-refractivity contribution is -0.384. The normalized spacial score (nSPS) is 21.1. The molecular formula is C15H22ClN3O3. The molecule has 0 aromatic heterocycles. The van der Waals surface area contributed by atoms with Gasteiger partial charge in [-0.1, -0.05) is 19.1 Å². The minimum Gasteiger partial charge on any atom is -0.338 e. The maximum absolute atomic E-state index is 12.5. The Kier molecular flexibility index (Phi) is 6.77. The highest BCUT2D eigenvalue weighted by Gasteiger charge is 2.30. The predicted molar refractivity (Wildman–Crippen MR) is 87.0 cm³/mol.